The van der Waals surface area contributed by atoms with Crippen molar-refractivity contribution in [3.05, 3.63) is 112 Å². The third kappa shape index (κ3) is 6.14. The van der Waals surface area contributed by atoms with Gasteiger partial charge in [-0.15, -0.1) is 5.10 Å². The van der Waals surface area contributed by atoms with Crippen LogP contribution in [-0.2, 0) is 14.8 Å². The van der Waals surface area contributed by atoms with Crippen LogP contribution in [0.1, 0.15) is 28.9 Å². The second kappa shape index (κ2) is 13.0. The first-order valence-corrected chi connectivity index (χ1v) is 16.4. The van der Waals surface area contributed by atoms with Gasteiger partial charge in [-0.05, 0) is 72.6 Å². The average Bonchev–Trinajstić information content (AvgIpc) is 3.45. The van der Waals surface area contributed by atoms with Crippen LogP contribution in [0.25, 0.3) is 44.3 Å². The molecular weight excluding hydrogens is 644 g/mol. The molecule has 2 heterocycles. The molecule has 11 nitrogen and oxygen atoms in total. The number of furan rings is 1. The fourth-order valence-corrected chi connectivity index (χ4v) is 6.09. The summed E-state index contributed by atoms with van der Waals surface area (Å²) in [5, 5.41) is 11.5. The number of benzene rings is 4. The van der Waals surface area contributed by atoms with Crippen LogP contribution in [0.2, 0.25) is 0 Å². The number of methoxy groups -OCH3 is 1. The van der Waals surface area contributed by atoms with E-state index in [1.54, 1.807) is 24.3 Å². The van der Waals surface area contributed by atoms with Crippen LogP contribution < -0.4 is 15.6 Å². The van der Waals surface area contributed by atoms with Gasteiger partial charge in [0, 0.05) is 36.7 Å². The van der Waals surface area contributed by atoms with Gasteiger partial charge in [0.2, 0.25) is 10.0 Å². The summed E-state index contributed by atoms with van der Waals surface area (Å²) in [5.41, 5.74) is 2.02. The van der Waals surface area contributed by atoms with Crippen LogP contribution in [0.4, 0.5) is 14.5 Å². The van der Waals surface area contributed by atoms with Crippen molar-refractivity contribution in [1.82, 2.24) is 20.3 Å². The van der Waals surface area contributed by atoms with Crippen molar-refractivity contribution in [2.75, 3.05) is 31.2 Å². The molecule has 0 radical (unpaired) electrons. The average molecular weight is 674 g/mol. The number of carbonyl (C=O) groups excluding carboxylic acids is 1. The van der Waals surface area contributed by atoms with Crippen LogP contribution in [0.3, 0.4) is 0 Å². The van der Waals surface area contributed by atoms with Crippen molar-refractivity contribution in [2.24, 2.45) is 0 Å². The SMILES string of the molecule is CCS(=O)(=O)Nc1cc2oc(-c3ccc(F)cc3)c(C(=O)NC)c2cc1-c1ccc2nnn([C@H](COC)c3ccc(F)cc3)c(=O)c2c1. The standard InChI is InChI=1S/C34H29F2N5O6S/c1-4-48(44,45)39-28-17-30-26(31(33(42)37-2)32(47-30)20-7-12-23(36)13-8-20)16-24(28)21-9-14-27-25(15-21)34(43)41(40-38-27)29(18-46-3)19-5-10-22(35)11-6-19/h5-17,29,39H,4,18H2,1-3H3,(H,37,42)/t29-/m1/s1. The predicted molar refractivity (Wildman–Crippen MR) is 177 cm³/mol. The Hall–Kier alpha value is -5.47. The number of anilines is 1. The maximum atomic E-state index is 13.9. The van der Waals surface area contributed by atoms with Gasteiger partial charge in [0.25, 0.3) is 11.5 Å². The molecule has 0 unspecified atom stereocenters. The summed E-state index contributed by atoms with van der Waals surface area (Å²) in [6.45, 7) is 1.53. The zero-order chi connectivity index (χ0) is 34.2. The Morgan fingerprint density at radius 3 is 2.27 bits per heavy atom. The highest BCUT2D eigenvalue weighted by molar-refractivity contribution is 7.92. The number of fused-ring (bicyclic) bond motifs is 2. The zero-order valence-electron chi connectivity index (χ0n) is 26.0. The highest BCUT2D eigenvalue weighted by Crippen LogP contribution is 2.40. The molecule has 14 heteroatoms. The first-order chi connectivity index (χ1) is 23.0. The highest BCUT2D eigenvalue weighted by atomic mass is 32.2. The fourth-order valence-electron chi connectivity index (χ4n) is 5.44. The molecule has 6 aromatic rings. The molecule has 0 fully saturated rings. The molecule has 1 amide bonds. The molecule has 246 valence electrons. The van der Waals surface area contributed by atoms with E-state index in [-0.39, 0.29) is 45.9 Å². The number of sulfonamides is 1. The third-order valence-electron chi connectivity index (χ3n) is 7.90. The van der Waals surface area contributed by atoms with E-state index >= 15 is 0 Å². The van der Waals surface area contributed by atoms with Gasteiger partial charge in [-0.25, -0.2) is 21.9 Å². The molecule has 6 rings (SSSR count). The first-order valence-electron chi connectivity index (χ1n) is 14.8. The number of halogens is 2. The molecule has 0 bridgehead atoms. The number of nitrogens with zero attached hydrogens (tertiary/aromatic N) is 3. The lowest BCUT2D eigenvalue weighted by atomic mass is 9.98. The number of carbonyl (C=O) groups is 1. The number of rotatable bonds is 10. The molecule has 0 aliphatic heterocycles. The zero-order valence-corrected chi connectivity index (χ0v) is 26.8. The van der Waals surface area contributed by atoms with Gasteiger partial charge >= 0.3 is 0 Å². The summed E-state index contributed by atoms with van der Waals surface area (Å²) in [4.78, 5) is 27.2. The fraction of sp³-hybridized carbons (Fsp3) is 0.176. The van der Waals surface area contributed by atoms with Crippen LogP contribution in [0.15, 0.2) is 88.1 Å². The second-order valence-corrected chi connectivity index (χ2v) is 12.9. The molecular formula is C34H29F2N5O6S. The molecule has 2 N–H and O–H groups in total. The lowest BCUT2D eigenvalue weighted by Gasteiger charge is -2.18. The molecule has 0 aliphatic carbocycles. The number of aromatic nitrogens is 3. The number of hydrogen-bond donors (Lipinski definition) is 2. The molecule has 1 atom stereocenters. The molecule has 0 aliphatic rings. The minimum atomic E-state index is -3.80. The predicted octanol–water partition coefficient (Wildman–Crippen LogP) is 5.51. The Morgan fingerprint density at radius 1 is 0.958 bits per heavy atom. The summed E-state index contributed by atoms with van der Waals surface area (Å²) >= 11 is 0. The molecule has 48 heavy (non-hydrogen) atoms. The van der Waals surface area contributed by atoms with Crippen LogP contribution in [0, 0.1) is 11.6 Å². The monoisotopic (exact) mass is 673 g/mol. The summed E-state index contributed by atoms with van der Waals surface area (Å²) in [6.07, 6.45) is 0. The van der Waals surface area contributed by atoms with Gasteiger partial charge in [-0.1, -0.05) is 23.4 Å². The molecule has 0 spiro atoms. The van der Waals surface area contributed by atoms with Gasteiger partial charge in [0.05, 0.1) is 29.0 Å². The highest BCUT2D eigenvalue weighted by Gasteiger charge is 2.25. The molecule has 0 saturated heterocycles. The van der Waals surface area contributed by atoms with Crippen molar-refractivity contribution >= 4 is 43.5 Å². The van der Waals surface area contributed by atoms with E-state index in [1.807, 2.05) is 0 Å². The van der Waals surface area contributed by atoms with E-state index < -0.39 is 39.2 Å². The number of hydrogen-bond acceptors (Lipinski definition) is 8. The number of ether oxygens (including phenoxy) is 1. The Kier molecular flexibility index (Phi) is 8.77. The maximum absolute atomic E-state index is 13.9. The summed E-state index contributed by atoms with van der Waals surface area (Å²) < 4.78 is 68.2. The number of amides is 1. The Balaban J connectivity index is 1.58. The van der Waals surface area contributed by atoms with E-state index in [4.69, 9.17) is 9.15 Å². The summed E-state index contributed by atoms with van der Waals surface area (Å²) in [6, 6.07) is 18.2. The quantitative estimate of drug-likeness (QED) is 0.194. The van der Waals surface area contributed by atoms with Crippen LogP contribution in [0.5, 0.6) is 0 Å². The van der Waals surface area contributed by atoms with Gasteiger partial charge in [-0.3, -0.25) is 14.3 Å². The molecule has 0 saturated carbocycles. The summed E-state index contributed by atoms with van der Waals surface area (Å²) in [7, 11) is -0.880. The Morgan fingerprint density at radius 2 is 1.62 bits per heavy atom. The Labute approximate surface area is 273 Å². The van der Waals surface area contributed by atoms with Crippen molar-refractivity contribution < 1.29 is 31.1 Å². The molecule has 2 aromatic heterocycles. The van der Waals surface area contributed by atoms with Crippen LogP contribution >= 0.6 is 0 Å². The summed E-state index contributed by atoms with van der Waals surface area (Å²) in [5.74, 6) is -1.46. The lowest BCUT2D eigenvalue weighted by molar-refractivity contribution is 0.0964. The van der Waals surface area contributed by atoms with E-state index in [1.165, 1.54) is 75.7 Å². The first kappa shape index (κ1) is 32.5. The largest absolute Gasteiger partial charge is 0.455 e. The Bertz CT molecular complexity index is 2340. The minimum Gasteiger partial charge on any atom is -0.455 e. The van der Waals surface area contributed by atoms with Crippen molar-refractivity contribution in [3.63, 3.8) is 0 Å². The van der Waals surface area contributed by atoms with Gasteiger partial charge in [0.1, 0.15) is 34.5 Å². The normalized spacial score (nSPS) is 12.4. The van der Waals surface area contributed by atoms with Gasteiger partial charge in [-0.2, -0.15) is 0 Å². The smallest absolute Gasteiger partial charge is 0.278 e. The maximum Gasteiger partial charge on any atom is 0.278 e. The number of nitrogens with one attached hydrogen (secondary N) is 2. The van der Waals surface area contributed by atoms with E-state index in [0.29, 0.717) is 27.6 Å². The third-order valence-corrected chi connectivity index (χ3v) is 9.19. The second-order valence-electron chi connectivity index (χ2n) is 10.9. The van der Waals surface area contributed by atoms with Crippen molar-refractivity contribution in [3.8, 4) is 22.5 Å². The van der Waals surface area contributed by atoms with Crippen molar-refractivity contribution in [1.29, 1.82) is 0 Å². The van der Waals surface area contributed by atoms with Gasteiger partial charge < -0.3 is 14.5 Å². The van der Waals surface area contributed by atoms with E-state index in [2.05, 4.69) is 20.4 Å². The van der Waals surface area contributed by atoms with Gasteiger partial charge in [0.15, 0.2) is 0 Å². The topological polar surface area (TPSA) is 145 Å². The molecule has 4 aromatic carbocycles. The van der Waals surface area contributed by atoms with Crippen LogP contribution in [-0.4, -0.2) is 55.8 Å². The van der Waals surface area contributed by atoms with E-state index in [0.717, 1.165) is 4.68 Å². The van der Waals surface area contributed by atoms with E-state index in [9.17, 15) is 26.8 Å². The lowest BCUT2D eigenvalue weighted by Crippen LogP contribution is -2.31. The van der Waals surface area contributed by atoms with Crippen molar-refractivity contribution in [2.45, 2.75) is 13.0 Å². The minimum absolute atomic E-state index is 0.0458.